The average Bonchev–Trinajstić information content (AvgIpc) is 2.56. The molecule has 2 rings (SSSR count). The number of benzene rings is 2. The lowest BCUT2D eigenvalue weighted by molar-refractivity contribution is -0.122. The molecule has 0 aromatic heterocycles. The van der Waals surface area contributed by atoms with Gasteiger partial charge in [0.1, 0.15) is 0 Å². The van der Waals surface area contributed by atoms with E-state index >= 15 is 0 Å². The molecule has 23 heavy (non-hydrogen) atoms. The van der Waals surface area contributed by atoms with Crippen molar-refractivity contribution >= 4 is 23.4 Å². The van der Waals surface area contributed by atoms with E-state index < -0.39 is 11.9 Å². The average molecular weight is 333 g/mol. The smallest absolute Gasteiger partial charge is 0.265 e. The first kappa shape index (κ1) is 17.3. The summed E-state index contributed by atoms with van der Waals surface area (Å²) >= 11 is 1.65. The van der Waals surface area contributed by atoms with Gasteiger partial charge in [0.15, 0.2) is 17.7 Å². The molecule has 0 aliphatic carbocycles. The highest BCUT2D eigenvalue weighted by Crippen LogP contribution is 2.27. The number of anilines is 1. The van der Waals surface area contributed by atoms with Gasteiger partial charge in [0.25, 0.3) is 5.91 Å². The molecule has 3 nitrogen and oxygen atoms in total. The van der Waals surface area contributed by atoms with Crippen LogP contribution < -0.4 is 10.1 Å². The Labute approximate surface area is 140 Å². The number of rotatable bonds is 7. The van der Waals surface area contributed by atoms with Gasteiger partial charge >= 0.3 is 0 Å². The lowest BCUT2D eigenvalue weighted by atomic mass is 10.2. The molecule has 0 aliphatic rings. The topological polar surface area (TPSA) is 38.3 Å². The highest BCUT2D eigenvalue weighted by atomic mass is 32.2. The Hall–Kier alpha value is -2.01. The Morgan fingerprint density at radius 1 is 1.17 bits per heavy atom. The molecule has 2 aromatic rings. The minimum Gasteiger partial charge on any atom is -0.478 e. The number of carbonyl (C=O) groups excluding carboxylic acids is 1. The van der Waals surface area contributed by atoms with Gasteiger partial charge in [0.05, 0.1) is 5.69 Å². The summed E-state index contributed by atoms with van der Waals surface area (Å²) in [7, 11) is 0. The van der Waals surface area contributed by atoms with E-state index in [4.69, 9.17) is 4.74 Å². The molecule has 1 N–H and O–H groups in total. The molecule has 0 fully saturated rings. The Bertz CT molecular complexity index is 663. The molecule has 0 spiro atoms. The van der Waals surface area contributed by atoms with E-state index in [1.54, 1.807) is 23.9 Å². The van der Waals surface area contributed by atoms with Crippen LogP contribution in [0.4, 0.5) is 10.1 Å². The molecule has 0 saturated carbocycles. The van der Waals surface area contributed by atoms with Gasteiger partial charge in [-0.1, -0.05) is 38.1 Å². The summed E-state index contributed by atoms with van der Waals surface area (Å²) in [5.74, 6) is 0.252. The van der Waals surface area contributed by atoms with Crippen LogP contribution in [0.1, 0.15) is 20.3 Å². The first-order chi connectivity index (χ1) is 11.2. The van der Waals surface area contributed by atoms with E-state index in [-0.39, 0.29) is 11.7 Å². The van der Waals surface area contributed by atoms with Gasteiger partial charge in [0, 0.05) is 4.90 Å². The number of carbonyl (C=O) groups is 1. The second-order valence-corrected chi connectivity index (χ2v) is 6.17. The third kappa shape index (κ3) is 4.73. The first-order valence-corrected chi connectivity index (χ1v) is 8.58. The SMILES string of the molecule is CCSc1ccccc1NC(=O)C(CC)Oc1ccccc1F. The van der Waals surface area contributed by atoms with Crippen molar-refractivity contribution in [1.82, 2.24) is 0 Å². The number of hydrogen-bond donors (Lipinski definition) is 1. The normalized spacial score (nSPS) is 11.8. The van der Waals surface area contributed by atoms with Crippen LogP contribution in [0.25, 0.3) is 0 Å². The van der Waals surface area contributed by atoms with Crippen molar-refractivity contribution in [3.8, 4) is 5.75 Å². The van der Waals surface area contributed by atoms with Crippen molar-refractivity contribution in [3.05, 3.63) is 54.3 Å². The maximum absolute atomic E-state index is 13.7. The Kier molecular flexibility index (Phi) is 6.47. The Balaban J connectivity index is 2.10. The van der Waals surface area contributed by atoms with E-state index in [0.29, 0.717) is 6.42 Å². The highest BCUT2D eigenvalue weighted by Gasteiger charge is 2.20. The van der Waals surface area contributed by atoms with Gasteiger partial charge in [0.2, 0.25) is 0 Å². The van der Waals surface area contributed by atoms with E-state index in [2.05, 4.69) is 12.2 Å². The van der Waals surface area contributed by atoms with Crippen LogP contribution in [0.15, 0.2) is 53.4 Å². The molecular formula is C18H20FNO2S. The zero-order chi connectivity index (χ0) is 16.7. The van der Waals surface area contributed by atoms with Crippen LogP contribution in [-0.2, 0) is 4.79 Å². The van der Waals surface area contributed by atoms with Gasteiger partial charge in [-0.2, -0.15) is 0 Å². The van der Waals surface area contributed by atoms with Crippen molar-refractivity contribution in [2.75, 3.05) is 11.1 Å². The fraction of sp³-hybridized carbons (Fsp3) is 0.278. The van der Waals surface area contributed by atoms with Crippen LogP contribution in [-0.4, -0.2) is 17.8 Å². The molecule has 0 radical (unpaired) electrons. The third-order valence-electron chi connectivity index (χ3n) is 3.21. The number of hydrogen-bond acceptors (Lipinski definition) is 3. The number of thioether (sulfide) groups is 1. The zero-order valence-corrected chi connectivity index (χ0v) is 14.0. The van der Waals surface area contributed by atoms with Crippen LogP contribution in [0.5, 0.6) is 5.75 Å². The van der Waals surface area contributed by atoms with Crippen molar-refractivity contribution in [2.45, 2.75) is 31.3 Å². The van der Waals surface area contributed by atoms with Gasteiger partial charge in [-0.3, -0.25) is 4.79 Å². The summed E-state index contributed by atoms with van der Waals surface area (Å²) in [6, 6.07) is 13.7. The minimum atomic E-state index is -0.744. The zero-order valence-electron chi connectivity index (χ0n) is 13.2. The van der Waals surface area contributed by atoms with Gasteiger partial charge in [-0.15, -0.1) is 11.8 Å². The van der Waals surface area contributed by atoms with Crippen molar-refractivity contribution in [1.29, 1.82) is 0 Å². The molecule has 2 aromatic carbocycles. The summed E-state index contributed by atoms with van der Waals surface area (Å²) in [6.07, 6.45) is -0.296. The second kappa shape index (κ2) is 8.58. The van der Waals surface area contributed by atoms with Crippen LogP contribution in [0.3, 0.4) is 0 Å². The molecular weight excluding hydrogens is 313 g/mol. The van der Waals surface area contributed by atoms with E-state index in [9.17, 15) is 9.18 Å². The molecule has 122 valence electrons. The minimum absolute atomic E-state index is 0.0886. The Morgan fingerprint density at radius 3 is 2.57 bits per heavy atom. The fourth-order valence-corrected chi connectivity index (χ4v) is 2.84. The second-order valence-electron chi connectivity index (χ2n) is 4.86. The van der Waals surface area contributed by atoms with E-state index in [1.807, 2.05) is 31.2 Å². The largest absolute Gasteiger partial charge is 0.478 e. The van der Waals surface area contributed by atoms with Gasteiger partial charge in [-0.25, -0.2) is 4.39 Å². The highest BCUT2D eigenvalue weighted by molar-refractivity contribution is 7.99. The number of ether oxygens (including phenoxy) is 1. The van der Waals surface area contributed by atoms with Crippen molar-refractivity contribution in [2.24, 2.45) is 0 Å². The monoisotopic (exact) mass is 333 g/mol. The fourth-order valence-electron chi connectivity index (χ4n) is 2.08. The number of amides is 1. The van der Waals surface area contributed by atoms with E-state index in [1.165, 1.54) is 12.1 Å². The lowest BCUT2D eigenvalue weighted by Gasteiger charge is -2.18. The number of halogens is 1. The summed E-state index contributed by atoms with van der Waals surface area (Å²) in [5.41, 5.74) is 0.750. The molecule has 1 unspecified atom stereocenters. The quantitative estimate of drug-likeness (QED) is 0.744. The van der Waals surface area contributed by atoms with E-state index in [0.717, 1.165) is 16.3 Å². The summed E-state index contributed by atoms with van der Waals surface area (Å²) in [6.45, 7) is 3.89. The summed E-state index contributed by atoms with van der Waals surface area (Å²) in [4.78, 5) is 13.5. The summed E-state index contributed by atoms with van der Waals surface area (Å²) in [5, 5.41) is 2.88. The van der Waals surface area contributed by atoms with Crippen molar-refractivity contribution < 1.29 is 13.9 Å². The molecule has 0 heterocycles. The number of para-hydroxylation sites is 2. The third-order valence-corrected chi connectivity index (χ3v) is 4.17. The van der Waals surface area contributed by atoms with Crippen molar-refractivity contribution in [3.63, 3.8) is 0 Å². The molecule has 0 bridgehead atoms. The molecule has 0 saturated heterocycles. The van der Waals surface area contributed by atoms with Crippen LogP contribution in [0.2, 0.25) is 0 Å². The number of nitrogens with one attached hydrogen (secondary N) is 1. The summed E-state index contributed by atoms with van der Waals surface area (Å²) < 4.78 is 19.2. The predicted molar refractivity (Wildman–Crippen MR) is 92.6 cm³/mol. The van der Waals surface area contributed by atoms with Crippen LogP contribution >= 0.6 is 11.8 Å². The maximum atomic E-state index is 13.7. The van der Waals surface area contributed by atoms with Crippen LogP contribution in [0, 0.1) is 5.82 Å². The molecule has 0 aliphatic heterocycles. The Morgan fingerprint density at radius 2 is 1.87 bits per heavy atom. The maximum Gasteiger partial charge on any atom is 0.265 e. The van der Waals surface area contributed by atoms with Gasteiger partial charge in [-0.05, 0) is 36.4 Å². The first-order valence-electron chi connectivity index (χ1n) is 7.59. The molecule has 1 amide bonds. The predicted octanol–water partition coefficient (Wildman–Crippen LogP) is 4.73. The van der Waals surface area contributed by atoms with Gasteiger partial charge < -0.3 is 10.1 Å². The lowest BCUT2D eigenvalue weighted by Crippen LogP contribution is -2.32. The molecule has 5 heteroatoms. The standard InChI is InChI=1S/C18H20FNO2S/c1-3-15(22-16-11-7-5-9-13(16)19)18(21)20-14-10-6-8-12-17(14)23-4-2/h5-12,15H,3-4H2,1-2H3,(H,20,21). The molecule has 1 atom stereocenters.